The van der Waals surface area contributed by atoms with E-state index < -0.39 is 4.92 Å². The zero-order valence-electron chi connectivity index (χ0n) is 13.7. The molecule has 0 fully saturated rings. The third-order valence-electron chi connectivity index (χ3n) is 3.45. The number of nitro benzene ring substituents is 1. The lowest BCUT2D eigenvalue weighted by atomic mass is 10.1. The highest BCUT2D eigenvalue weighted by Gasteiger charge is 2.06. The molecule has 0 aromatic heterocycles. The maximum Gasteiger partial charge on any atom is 0.269 e. The van der Waals surface area contributed by atoms with Crippen molar-refractivity contribution in [3.8, 4) is 0 Å². The van der Waals surface area contributed by atoms with E-state index in [0.717, 1.165) is 22.6 Å². The standard InChI is InChI=1S/C17H19ClN4O2.HI/c1-19-17(20-10-9-14-6-2-3-8-16(14)18)21-12-13-5-4-7-15(11-13)22(23)24;/h2-8,11H,9-10,12H2,1H3,(H2,19,20,21);1H. The number of rotatable bonds is 6. The molecule has 134 valence electrons. The molecule has 0 radical (unpaired) electrons. The van der Waals surface area contributed by atoms with E-state index in [4.69, 9.17) is 11.6 Å². The summed E-state index contributed by atoms with van der Waals surface area (Å²) in [6.45, 7) is 1.13. The lowest BCUT2D eigenvalue weighted by Gasteiger charge is -2.12. The van der Waals surface area contributed by atoms with Crippen LogP contribution in [0.3, 0.4) is 0 Å². The van der Waals surface area contributed by atoms with E-state index in [1.165, 1.54) is 6.07 Å². The van der Waals surface area contributed by atoms with Crippen LogP contribution < -0.4 is 10.6 Å². The van der Waals surface area contributed by atoms with Gasteiger partial charge in [-0.1, -0.05) is 41.9 Å². The van der Waals surface area contributed by atoms with Crippen LogP contribution in [0.15, 0.2) is 53.5 Å². The minimum atomic E-state index is -0.403. The number of hydrogen-bond donors (Lipinski definition) is 2. The molecule has 0 aliphatic heterocycles. The van der Waals surface area contributed by atoms with E-state index in [9.17, 15) is 10.1 Å². The number of guanidine groups is 1. The molecule has 0 aliphatic carbocycles. The zero-order valence-corrected chi connectivity index (χ0v) is 16.8. The fraction of sp³-hybridized carbons (Fsp3) is 0.235. The number of nitrogens with one attached hydrogen (secondary N) is 2. The van der Waals surface area contributed by atoms with Crippen LogP contribution in [-0.4, -0.2) is 24.5 Å². The Hall–Kier alpha value is -1.87. The molecule has 0 heterocycles. The predicted octanol–water partition coefficient (Wildman–Crippen LogP) is 3.77. The summed E-state index contributed by atoms with van der Waals surface area (Å²) in [5.74, 6) is 0.633. The summed E-state index contributed by atoms with van der Waals surface area (Å²) in [5, 5.41) is 17.9. The second-order valence-corrected chi connectivity index (χ2v) is 5.53. The van der Waals surface area contributed by atoms with Crippen LogP contribution in [0.4, 0.5) is 5.69 Å². The van der Waals surface area contributed by atoms with Crippen molar-refractivity contribution in [2.75, 3.05) is 13.6 Å². The van der Waals surface area contributed by atoms with Crippen molar-refractivity contribution in [3.05, 3.63) is 74.8 Å². The average molecular weight is 475 g/mol. The van der Waals surface area contributed by atoms with Gasteiger partial charge in [-0.25, -0.2) is 0 Å². The van der Waals surface area contributed by atoms with Gasteiger partial charge < -0.3 is 10.6 Å². The quantitative estimate of drug-likeness (QED) is 0.220. The first-order valence-corrected chi connectivity index (χ1v) is 7.89. The summed E-state index contributed by atoms with van der Waals surface area (Å²) < 4.78 is 0. The highest BCUT2D eigenvalue weighted by Crippen LogP contribution is 2.15. The Kier molecular flexibility index (Phi) is 9.22. The minimum absolute atomic E-state index is 0. The Morgan fingerprint density at radius 1 is 1.20 bits per heavy atom. The van der Waals surface area contributed by atoms with Crippen LogP contribution in [0.1, 0.15) is 11.1 Å². The lowest BCUT2D eigenvalue weighted by molar-refractivity contribution is -0.384. The Balaban J connectivity index is 0.00000312. The van der Waals surface area contributed by atoms with E-state index in [2.05, 4.69) is 15.6 Å². The first kappa shape index (κ1) is 21.2. The first-order valence-electron chi connectivity index (χ1n) is 7.51. The van der Waals surface area contributed by atoms with E-state index >= 15 is 0 Å². The number of benzene rings is 2. The summed E-state index contributed by atoms with van der Waals surface area (Å²) in [6.07, 6.45) is 0.775. The molecule has 2 aromatic rings. The van der Waals surface area contributed by atoms with Gasteiger partial charge in [-0.3, -0.25) is 15.1 Å². The molecule has 0 spiro atoms. The summed E-state index contributed by atoms with van der Waals surface area (Å²) in [5.41, 5.74) is 1.97. The molecule has 6 nitrogen and oxygen atoms in total. The summed E-state index contributed by atoms with van der Waals surface area (Å²) >= 11 is 6.13. The molecular weight excluding hydrogens is 455 g/mol. The van der Waals surface area contributed by atoms with Gasteiger partial charge in [0.25, 0.3) is 5.69 Å². The summed E-state index contributed by atoms with van der Waals surface area (Å²) in [4.78, 5) is 14.5. The van der Waals surface area contributed by atoms with Gasteiger partial charge in [-0.15, -0.1) is 24.0 Å². The van der Waals surface area contributed by atoms with Gasteiger partial charge in [0, 0.05) is 37.3 Å². The molecule has 0 amide bonds. The van der Waals surface area contributed by atoms with Crippen molar-refractivity contribution in [2.45, 2.75) is 13.0 Å². The third-order valence-corrected chi connectivity index (χ3v) is 3.82. The van der Waals surface area contributed by atoms with Crippen LogP contribution in [0.2, 0.25) is 5.02 Å². The highest BCUT2D eigenvalue weighted by atomic mass is 127. The lowest BCUT2D eigenvalue weighted by Crippen LogP contribution is -2.37. The highest BCUT2D eigenvalue weighted by molar-refractivity contribution is 14.0. The molecule has 25 heavy (non-hydrogen) atoms. The first-order chi connectivity index (χ1) is 11.6. The SMILES string of the molecule is CN=C(NCCc1ccccc1Cl)NCc1cccc([N+](=O)[O-])c1.I. The van der Waals surface area contributed by atoms with Gasteiger partial charge in [0.15, 0.2) is 5.96 Å². The number of halogens is 2. The van der Waals surface area contributed by atoms with E-state index in [1.54, 1.807) is 19.2 Å². The van der Waals surface area contributed by atoms with E-state index in [-0.39, 0.29) is 29.7 Å². The monoisotopic (exact) mass is 474 g/mol. The third kappa shape index (κ3) is 6.87. The minimum Gasteiger partial charge on any atom is -0.356 e. The summed E-state index contributed by atoms with van der Waals surface area (Å²) in [6, 6.07) is 14.2. The van der Waals surface area contributed by atoms with Gasteiger partial charge in [0.05, 0.1) is 4.92 Å². The average Bonchev–Trinajstić information content (AvgIpc) is 2.59. The molecule has 0 aliphatic rings. The molecule has 0 bridgehead atoms. The maximum atomic E-state index is 10.8. The second-order valence-electron chi connectivity index (χ2n) is 5.12. The van der Waals surface area contributed by atoms with Crippen molar-refractivity contribution in [1.29, 1.82) is 0 Å². The molecular formula is C17H20ClIN4O2. The number of non-ortho nitro benzene ring substituents is 1. The molecule has 0 saturated carbocycles. The number of nitro groups is 1. The maximum absolute atomic E-state index is 10.8. The van der Waals surface area contributed by atoms with Gasteiger partial charge in [-0.2, -0.15) is 0 Å². The van der Waals surface area contributed by atoms with E-state index in [1.807, 2.05) is 30.3 Å². The number of aliphatic imine (C=N–C) groups is 1. The van der Waals surface area contributed by atoms with Crippen LogP contribution in [0.25, 0.3) is 0 Å². The topological polar surface area (TPSA) is 79.6 Å². The van der Waals surface area contributed by atoms with E-state index in [0.29, 0.717) is 19.0 Å². The van der Waals surface area contributed by atoms with Crippen LogP contribution in [0.5, 0.6) is 0 Å². The smallest absolute Gasteiger partial charge is 0.269 e. The van der Waals surface area contributed by atoms with Crippen molar-refractivity contribution < 1.29 is 4.92 Å². The van der Waals surface area contributed by atoms with Gasteiger partial charge in [-0.05, 0) is 23.6 Å². The van der Waals surface area contributed by atoms with Crippen LogP contribution >= 0.6 is 35.6 Å². The normalized spacial score (nSPS) is 10.7. The largest absolute Gasteiger partial charge is 0.356 e. The van der Waals surface area contributed by atoms with Crippen molar-refractivity contribution in [3.63, 3.8) is 0 Å². The van der Waals surface area contributed by atoms with Gasteiger partial charge in [0.2, 0.25) is 0 Å². The Labute approximate surface area is 168 Å². The van der Waals surface area contributed by atoms with Gasteiger partial charge >= 0.3 is 0 Å². The van der Waals surface area contributed by atoms with Crippen molar-refractivity contribution in [2.24, 2.45) is 4.99 Å². The molecule has 2 N–H and O–H groups in total. The zero-order chi connectivity index (χ0) is 17.4. The predicted molar refractivity (Wildman–Crippen MR) is 112 cm³/mol. The van der Waals surface area contributed by atoms with Crippen molar-refractivity contribution in [1.82, 2.24) is 10.6 Å². The molecule has 2 rings (SSSR count). The number of nitrogens with zero attached hydrogens (tertiary/aromatic N) is 2. The molecule has 0 unspecified atom stereocenters. The fourth-order valence-corrected chi connectivity index (χ4v) is 2.43. The van der Waals surface area contributed by atoms with Gasteiger partial charge in [0.1, 0.15) is 0 Å². The molecule has 8 heteroatoms. The molecule has 0 saturated heterocycles. The fourth-order valence-electron chi connectivity index (χ4n) is 2.20. The van der Waals surface area contributed by atoms with Crippen LogP contribution in [0, 0.1) is 10.1 Å². The Morgan fingerprint density at radius 2 is 1.96 bits per heavy atom. The summed E-state index contributed by atoms with van der Waals surface area (Å²) in [7, 11) is 1.68. The van der Waals surface area contributed by atoms with Crippen LogP contribution in [-0.2, 0) is 13.0 Å². The molecule has 2 aromatic carbocycles. The Bertz CT molecular complexity index is 740. The van der Waals surface area contributed by atoms with Crippen molar-refractivity contribution >= 4 is 47.2 Å². The second kappa shape index (κ2) is 10.9. The molecule has 0 atom stereocenters. The Morgan fingerprint density at radius 3 is 2.64 bits per heavy atom. The number of hydrogen-bond acceptors (Lipinski definition) is 3.